The van der Waals surface area contributed by atoms with Crippen LogP contribution in [0.15, 0.2) is 29.4 Å². The molecule has 1 aliphatic rings. The molecule has 0 unspecified atom stereocenters. The molecule has 1 saturated carbocycles. The van der Waals surface area contributed by atoms with Crippen LogP contribution in [0, 0.1) is 6.92 Å². The first-order chi connectivity index (χ1) is 10.1. The molecular weight excluding hydrogens is 268 g/mol. The predicted octanol–water partition coefficient (Wildman–Crippen LogP) is 2.57. The Bertz CT molecular complexity index is 536. The van der Waals surface area contributed by atoms with Gasteiger partial charge in [0.2, 0.25) is 0 Å². The maximum absolute atomic E-state index is 12.2. The maximum atomic E-state index is 12.2. The molecule has 2 amide bonds. The van der Waals surface area contributed by atoms with Gasteiger partial charge in [-0.05, 0) is 37.5 Å². The van der Waals surface area contributed by atoms with Gasteiger partial charge in [0.1, 0.15) is 5.54 Å². The first-order valence-corrected chi connectivity index (χ1v) is 7.19. The van der Waals surface area contributed by atoms with E-state index in [9.17, 15) is 4.79 Å². The highest BCUT2D eigenvalue weighted by Gasteiger charge is 2.38. The van der Waals surface area contributed by atoms with Crippen LogP contribution in [0.1, 0.15) is 37.7 Å². The van der Waals surface area contributed by atoms with Crippen molar-refractivity contribution in [2.45, 2.75) is 44.6 Å². The number of hydrogen-bond donors (Lipinski definition) is 4. The summed E-state index contributed by atoms with van der Waals surface area (Å²) in [5.74, 6) is 0.0709. The lowest BCUT2D eigenvalue weighted by Gasteiger charge is -2.36. The molecule has 6 nitrogen and oxygen atoms in total. The molecule has 1 aromatic carbocycles. The smallest absolute Gasteiger partial charge is 0.320 e. The van der Waals surface area contributed by atoms with Crippen molar-refractivity contribution in [3.63, 3.8) is 0 Å². The average molecular weight is 290 g/mol. The van der Waals surface area contributed by atoms with Crippen LogP contribution in [-0.2, 0) is 0 Å². The Morgan fingerprint density at radius 1 is 1.33 bits per heavy atom. The second-order valence-corrected chi connectivity index (χ2v) is 5.58. The van der Waals surface area contributed by atoms with E-state index in [0.29, 0.717) is 12.8 Å². The predicted molar refractivity (Wildman–Crippen MR) is 82.6 cm³/mol. The summed E-state index contributed by atoms with van der Waals surface area (Å²) in [5.41, 5.74) is 6.84. The third-order valence-electron chi connectivity index (χ3n) is 3.93. The number of benzene rings is 1. The van der Waals surface area contributed by atoms with E-state index >= 15 is 0 Å². The number of hydrogen-bond acceptors (Lipinski definition) is 3. The summed E-state index contributed by atoms with van der Waals surface area (Å²) >= 11 is 0. The van der Waals surface area contributed by atoms with Crippen molar-refractivity contribution in [3.8, 4) is 0 Å². The van der Waals surface area contributed by atoms with Crippen LogP contribution in [-0.4, -0.2) is 22.6 Å². The van der Waals surface area contributed by atoms with Crippen molar-refractivity contribution < 1.29 is 10.0 Å². The topological polar surface area (TPSA) is 99.7 Å². The number of aryl methyl sites for hydroxylation is 1. The number of rotatable bonds is 3. The van der Waals surface area contributed by atoms with Crippen LogP contribution in [0.4, 0.5) is 10.5 Å². The zero-order valence-corrected chi connectivity index (χ0v) is 12.2. The monoisotopic (exact) mass is 290 g/mol. The SMILES string of the molecule is Cc1cccc(NC(=O)NC2(/C(N)=N/O)CCCCC2)c1. The fourth-order valence-corrected chi connectivity index (χ4v) is 2.80. The van der Waals surface area contributed by atoms with Gasteiger partial charge in [0.05, 0.1) is 0 Å². The van der Waals surface area contributed by atoms with Gasteiger partial charge in [-0.2, -0.15) is 0 Å². The van der Waals surface area contributed by atoms with Crippen LogP contribution >= 0.6 is 0 Å². The lowest BCUT2D eigenvalue weighted by molar-refractivity contribution is 0.233. The highest BCUT2D eigenvalue weighted by atomic mass is 16.4. The Labute approximate surface area is 124 Å². The van der Waals surface area contributed by atoms with Crippen molar-refractivity contribution in [2.24, 2.45) is 10.9 Å². The molecule has 1 fully saturated rings. The number of urea groups is 1. The minimum absolute atomic E-state index is 0.0709. The molecule has 0 radical (unpaired) electrons. The Morgan fingerprint density at radius 3 is 2.67 bits per heavy atom. The van der Waals surface area contributed by atoms with E-state index in [1.54, 1.807) is 0 Å². The Morgan fingerprint density at radius 2 is 2.05 bits per heavy atom. The molecule has 2 rings (SSSR count). The highest BCUT2D eigenvalue weighted by Crippen LogP contribution is 2.28. The number of nitrogens with zero attached hydrogens (tertiary/aromatic N) is 1. The van der Waals surface area contributed by atoms with E-state index in [-0.39, 0.29) is 11.9 Å². The summed E-state index contributed by atoms with van der Waals surface area (Å²) in [6.07, 6.45) is 4.36. The third-order valence-corrected chi connectivity index (χ3v) is 3.93. The molecule has 0 heterocycles. The molecule has 1 aliphatic carbocycles. The number of oxime groups is 1. The molecule has 0 atom stereocenters. The van der Waals surface area contributed by atoms with Crippen molar-refractivity contribution in [3.05, 3.63) is 29.8 Å². The quantitative estimate of drug-likeness (QED) is 0.298. The average Bonchev–Trinajstić information content (AvgIpc) is 2.47. The summed E-state index contributed by atoms with van der Waals surface area (Å²) in [6, 6.07) is 7.21. The van der Waals surface area contributed by atoms with Gasteiger partial charge in [0, 0.05) is 5.69 Å². The zero-order valence-electron chi connectivity index (χ0n) is 12.2. The molecular formula is C15H22N4O2. The van der Waals surface area contributed by atoms with E-state index in [2.05, 4.69) is 15.8 Å². The number of amides is 2. The highest BCUT2D eigenvalue weighted by molar-refractivity contribution is 5.97. The minimum atomic E-state index is -0.749. The van der Waals surface area contributed by atoms with Gasteiger partial charge in [-0.1, -0.05) is 36.6 Å². The number of amidine groups is 1. The van der Waals surface area contributed by atoms with Gasteiger partial charge in [0.15, 0.2) is 5.84 Å². The third kappa shape index (κ3) is 3.65. The molecule has 0 aromatic heterocycles. The van der Waals surface area contributed by atoms with E-state index in [4.69, 9.17) is 10.9 Å². The Balaban J connectivity index is 2.08. The molecule has 5 N–H and O–H groups in total. The summed E-state index contributed by atoms with van der Waals surface area (Å²) in [5, 5.41) is 17.8. The number of carbonyl (C=O) groups is 1. The molecule has 21 heavy (non-hydrogen) atoms. The largest absolute Gasteiger partial charge is 0.409 e. The standard InChI is InChI=1S/C15H22N4O2/c1-11-6-5-7-12(10-11)17-14(20)18-15(13(16)19-21)8-3-2-4-9-15/h5-7,10,21H,2-4,8-9H2,1H3,(H2,16,19)(H2,17,18,20). The maximum Gasteiger partial charge on any atom is 0.320 e. The number of carbonyl (C=O) groups excluding carboxylic acids is 1. The van der Waals surface area contributed by atoms with E-state index in [1.807, 2.05) is 31.2 Å². The van der Waals surface area contributed by atoms with Crippen LogP contribution < -0.4 is 16.4 Å². The molecule has 114 valence electrons. The van der Waals surface area contributed by atoms with Crippen LogP contribution in [0.5, 0.6) is 0 Å². The molecule has 1 aromatic rings. The summed E-state index contributed by atoms with van der Waals surface area (Å²) < 4.78 is 0. The van der Waals surface area contributed by atoms with Crippen molar-refractivity contribution >= 4 is 17.6 Å². The Hall–Kier alpha value is -2.24. The summed E-state index contributed by atoms with van der Waals surface area (Å²) in [7, 11) is 0. The molecule has 0 saturated heterocycles. The van der Waals surface area contributed by atoms with Crippen LogP contribution in [0.2, 0.25) is 0 Å². The zero-order chi connectivity index (χ0) is 15.3. The molecule has 0 bridgehead atoms. The second-order valence-electron chi connectivity index (χ2n) is 5.58. The first kappa shape index (κ1) is 15.2. The minimum Gasteiger partial charge on any atom is -0.409 e. The summed E-state index contributed by atoms with van der Waals surface area (Å²) in [4.78, 5) is 12.2. The lowest BCUT2D eigenvalue weighted by Crippen LogP contribution is -2.59. The molecule has 0 aliphatic heterocycles. The van der Waals surface area contributed by atoms with Gasteiger partial charge >= 0.3 is 6.03 Å². The van der Waals surface area contributed by atoms with Crippen molar-refractivity contribution in [2.75, 3.05) is 5.32 Å². The van der Waals surface area contributed by atoms with E-state index < -0.39 is 5.54 Å². The van der Waals surface area contributed by atoms with Gasteiger partial charge in [-0.15, -0.1) is 0 Å². The Kier molecular flexibility index (Phi) is 4.67. The summed E-state index contributed by atoms with van der Waals surface area (Å²) in [6.45, 7) is 1.96. The number of nitrogens with one attached hydrogen (secondary N) is 2. The van der Waals surface area contributed by atoms with Crippen LogP contribution in [0.3, 0.4) is 0 Å². The molecule has 0 spiro atoms. The van der Waals surface area contributed by atoms with Gasteiger partial charge in [-0.3, -0.25) is 0 Å². The van der Waals surface area contributed by atoms with Crippen LogP contribution in [0.25, 0.3) is 0 Å². The van der Waals surface area contributed by atoms with Crippen molar-refractivity contribution in [1.82, 2.24) is 5.32 Å². The normalized spacial score (nSPS) is 18.0. The lowest BCUT2D eigenvalue weighted by atomic mass is 9.81. The number of nitrogens with two attached hydrogens (primary N) is 1. The van der Waals surface area contributed by atoms with Gasteiger partial charge in [0.25, 0.3) is 0 Å². The second kappa shape index (κ2) is 6.47. The van der Waals surface area contributed by atoms with Gasteiger partial charge < -0.3 is 21.6 Å². The number of anilines is 1. The van der Waals surface area contributed by atoms with Crippen molar-refractivity contribution in [1.29, 1.82) is 0 Å². The fourth-order valence-electron chi connectivity index (χ4n) is 2.80. The van der Waals surface area contributed by atoms with E-state index in [0.717, 1.165) is 30.5 Å². The molecule has 6 heteroatoms. The van der Waals surface area contributed by atoms with Gasteiger partial charge in [-0.25, -0.2) is 4.79 Å². The van der Waals surface area contributed by atoms with E-state index in [1.165, 1.54) is 0 Å². The first-order valence-electron chi connectivity index (χ1n) is 7.19. The fraction of sp³-hybridized carbons (Fsp3) is 0.467.